The summed E-state index contributed by atoms with van der Waals surface area (Å²) in [4.78, 5) is 14.8. The standard InChI is InChI=1S/C15H13NO2/c1-11-9-13(10-14(16-11)15(17)18)8-7-12-5-3-2-4-6-12/h2-10H,1H3,(H,17,18)/b8-7+. The van der Waals surface area contributed by atoms with Gasteiger partial charge in [0, 0.05) is 5.69 Å². The van der Waals surface area contributed by atoms with Gasteiger partial charge in [-0.05, 0) is 30.2 Å². The van der Waals surface area contributed by atoms with Crippen LogP contribution in [0, 0.1) is 6.92 Å². The molecule has 3 nitrogen and oxygen atoms in total. The van der Waals surface area contributed by atoms with Gasteiger partial charge in [-0.15, -0.1) is 0 Å². The van der Waals surface area contributed by atoms with E-state index in [1.54, 1.807) is 13.0 Å². The van der Waals surface area contributed by atoms with Gasteiger partial charge >= 0.3 is 5.97 Å². The second-order valence-corrected chi connectivity index (χ2v) is 3.98. The van der Waals surface area contributed by atoms with Crippen LogP contribution >= 0.6 is 0 Å². The van der Waals surface area contributed by atoms with Gasteiger partial charge in [-0.25, -0.2) is 9.78 Å². The van der Waals surface area contributed by atoms with Crippen LogP contribution < -0.4 is 0 Å². The maximum Gasteiger partial charge on any atom is 0.354 e. The monoisotopic (exact) mass is 239 g/mol. The topological polar surface area (TPSA) is 50.2 Å². The Kier molecular flexibility index (Phi) is 3.53. The second kappa shape index (κ2) is 5.27. The summed E-state index contributed by atoms with van der Waals surface area (Å²) in [5.74, 6) is -1.01. The summed E-state index contributed by atoms with van der Waals surface area (Å²) >= 11 is 0. The molecule has 0 amide bonds. The van der Waals surface area contributed by atoms with Crippen LogP contribution in [0.3, 0.4) is 0 Å². The number of hydrogen-bond acceptors (Lipinski definition) is 2. The van der Waals surface area contributed by atoms with Crippen LogP contribution in [0.5, 0.6) is 0 Å². The summed E-state index contributed by atoms with van der Waals surface area (Å²) < 4.78 is 0. The van der Waals surface area contributed by atoms with Crippen molar-refractivity contribution in [1.82, 2.24) is 4.98 Å². The third-order valence-electron chi connectivity index (χ3n) is 2.46. The highest BCUT2D eigenvalue weighted by molar-refractivity contribution is 5.86. The smallest absolute Gasteiger partial charge is 0.354 e. The van der Waals surface area contributed by atoms with Crippen LogP contribution in [-0.4, -0.2) is 16.1 Å². The van der Waals surface area contributed by atoms with E-state index in [1.807, 2.05) is 48.6 Å². The van der Waals surface area contributed by atoms with E-state index in [1.165, 1.54) is 0 Å². The van der Waals surface area contributed by atoms with Gasteiger partial charge in [-0.2, -0.15) is 0 Å². The summed E-state index contributed by atoms with van der Waals surface area (Å²) in [7, 11) is 0. The highest BCUT2D eigenvalue weighted by Crippen LogP contribution is 2.11. The number of benzene rings is 1. The van der Waals surface area contributed by atoms with E-state index < -0.39 is 5.97 Å². The fourth-order valence-corrected chi connectivity index (χ4v) is 1.66. The molecule has 0 unspecified atom stereocenters. The minimum absolute atomic E-state index is 0.0720. The van der Waals surface area contributed by atoms with Crippen molar-refractivity contribution in [1.29, 1.82) is 0 Å². The number of aromatic carboxylic acids is 1. The maximum absolute atomic E-state index is 10.9. The molecule has 1 N–H and O–H groups in total. The molecular formula is C15H13NO2. The first-order valence-electron chi connectivity index (χ1n) is 5.60. The van der Waals surface area contributed by atoms with Gasteiger partial charge in [0.05, 0.1) is 0 Å². The molecule has 2 aromatic rings. The summed E-state index contributed by atoms with van der Waals surface area (Å²) in [6, 6.07) is 13.3. The molecule has 1 aromatic carbocycles. The molecule has 0 fully saturated rings. The van der Waals surface area contributed by atoms with Gasteiger partial charge in [0.2, 0.25) is 0 Å². The first kappa shape index (κ1) is 12.0. The van der Waals surface area contributed by atoms with Crippen molar-refractivity contribution in [2.45, 2.75) is 6.92 Å². The van der Waals surface area contributed by atoms with Gasteiger partial charge in [-0.3, -0.25) is 0 Å². The molecule has 0 aliphatic carbocycles. The van der Waals surface area contributed by atoms with Crippen LogP contribution in [0.25, 0.3) is 12.2 Å². The number of aromatic nitrogens is 1. The lowest BCUT2D eigenvalue weighted by Crippen LogP contribution is -2.01. The number of carboxylic acids is 1. The molecule has 2 rings (SSSR count). The molecule has 90 valence electrons. The number of carboxylic acid groups (broad SMARTS) is 1. The third-order valence-corrected chi connectivity index (χ3v) is 2.46. The Morgan fingerprint density at radius 1 is 1.11 bits per heavy atom. The first-order valence-corrected chi connectivity index (χ1v) is 5.60. The van der Waals surface area contributed by atoms with Crippen molar-refractivity contribution >= 4 is 18.1 Å². The van der Waals surface area contributed by atoms with Gasteiger partial charge in [0.15, 0.2) is 0 Å². The van der Waals surface area contributed by atoms with Gasteiger partial charge in [0.25, 0.3) is 0 Å². The average molecular weight is 239 g/mol. The molecule has 0 saturated carbocycles. The fourth-order valence-electron chi connectivity index (χ4n) is 1.66. The number of pyridine rings is 1. The fraction of sp³-hybridized carbons (Fsp3) is 0.0667. The molecule has 0 radical (unpaired) electrons. The second-order valence-electron chi connectivity index (χ2n) is 3.98. The van der Waals surface area contributed by atoms with Crippen LogP contribution in [0.2, 0.25) is 0 Å². The Morgan fingerprint density at radius 2 is 1.78 bits per heavy atom. The Hall–Kier alpha value is -2.42. The highest BCUT2D eigenvalue weighted by Gasteiger charge is 2.05. The number of aryl methyl sites for hydroxylation is 1. The number of hydrogen-bond donors (Lipinski definition) is 1. The molecule has 0 bridgehead atoms. The van der Waals surface area contributed by atoms with Gasteiger partial charge < -0.3 is 5.11 Å². The summed E-state index contributed by atoms with van der Waals surface area (Å²) in [5, 5.41) is 8.93. The Morgan fingerprint density at radius 3 is 2.44 bits per heavy atom. The summed E-state index contributed by atoms with van der Waals surface area (Å²) in [6.45, 7) is 1.78. The average Bonchev–Trinajstić information content (AvgIpc) is 2.37. The zero-order valence-corrected chi connectivity index (χ0v) is 10.00. The Labute approximate surface area is 105 Å². The summed E-state index contributed by atoms with van der Waals surface area (Å²) in [6.07, 6.45) is 3.83. The van der Waals surface area contributed by atoms with E-state index in [0.29, 0.717) is 5.69 Å². The van der Waals surface area contributed by atoms with E-state index >= 15 is 0 Å². The SMILES string of the molecule is Cc1cc(/C=C/c2ccccc2)cc(C(=O)O)n1. The third kappa shape index (κ3) is 3.04. The van der Waals surface area contributed by atoms with Crippen molar-refractivity contribution in [3.63, 3.8) is 0 Å². The van der Waals surface area contributed by atoms with Crippen molar-refractivity contribution in [3.8, 4) is 0 Å². The van der Waals surface area contributed by atoms with Crippen molar-refractivity contribution in [2.24, 2.45) is 0 Å². The van der Waals surface area contributed by atoms with E-state index in [2.05, 4.69) is 4.98 Å². The van der Waals surface area contributed by atoms with Crippen molar-refractivity contribution in [3.05, 3.63) is 65.0 Å². The molecular weight excluding hydrogens is 226 g/mol. The molecule has 0 atom stereocenters. The largest absolute Gasteiger partial charge is 0.477 e. The van der Waals surface area contributed by atoms with Gasteiger partial charge in [0.1, 0.15) is 5.69 Å². The van der Waals surface area contributed by atoms with Crippen molar-refractivity contribution in [2.75, 3.05) is 0 Å². The van der Waals surface area contributed by atoms with Crippen LogP contribution in [0.4, 0.5) is 0 Å². The van der Waals surface area contributed by atoms with Crippen LogP contribution in [0.1, 0.15) is 27.3 Å². The molecule has 3 heteroatoms. The molecule has 1 aromatic heterocycles. The Bertz CT molecular complexity index is 589. The van der Waals surface area contributed by atoms with E-state index in [9.17, 15) is 4.79 Å². The lowest BCUT2D eigenvalue weighted by molar-refractivity contribution is 0.0690. The molecule has 0 saturated heterocycles. The van der Waals surface area contributed by atoms with Crippen LogP contribution in [-0.2, 0) is 0 Å². The zero-order chi connectivity index (χ0) is 13.0. The zero-order valence-electron chi connectivity index (χ0n) is 10.00. The first-order chi connectivity index (χ1) is 8.65. The number of rotatable bonds is 3. The Balaban J connectivity index is 2.29. The minimum Gasteiger partial charge on any atom is -0.477 e. The van der Waals surface area contributed by atoms with Crippen molar-refractivity contribution < 1.29 is 9.90 Å². The number of carbonyl (C=O) groups is 1. The predicted molar refractivity (Wildman–Crippen MR) is 71.3 cm³/mol. The van der Waals surface area contributed by atoms with Gasteiger partial charge in [-0.1, -0.05) is 42.5 Å². The van der Waals surface area contributed by atoms with E-state index in [4.69, 9.17) is 5.11 Å². The number of nitrogens with zero attached hydrogens (tertiary/aromatic N) is 1. The molecule has 18 heavy (non-hydrogen) atoms. The highest BCUT2D eigenvalue weighted by atomic mass is 16.4. The normalized spacial score (nSPS) is 10.7. The molecule has 0 aliphatic rings. The quantitative estimate of drug-likeness (QED) is 0.894. The van der Waals surface area contributed by atoms with E-state index in [-0.39, 0.29) is 5.69 Å². The lowest BCUT2D eigenvalue weighted by Gasteiger charge is -2.00. The van der Waals surface area contributed by atoms with Crippen LogP contribution in [0.15, 0.2) is 42.5 Å². The maximum atomic E-state index is 10.9. The minimum atomic E-state index is -1.01. The molecule has 0 spiro atoms. The van der Waals surface area contributed by atoms with E-state index in [0.717, 1.165) is 11.1 Å². The molecule has 1 heterocycles. The molecule has 0 aliphatic heterocycles. The lowest BCUT2D eigenvalue weighted by atomic mass is 10.1. The predicted octanol–water partition coefficient (Wildman–Crippen LogP) is 3.26. The summed E-state index contributed by atoms with van der Waals surface area (Å²) in [5.41, 5.74) is 2.68.